The Balaban J connectivity index is 1.50. The molecule has 0 unspecified atom stereocenters. The monoisotopic (exact) mass is 320 g/mol. The van der Waals surface area contributed by atoms with Gasteiger partial charge in [0.05, 0.1) is 0 Å². The van der Waals surface area contributed by atoms with E-state index in [-0.39, 0.29) is 0 Å². The molecule has 134 valence electrons. The molecule has 2 heterocycles. The third-order valence-corrected chi connectivity index (χ3v) is 7.48. The fourth-order valence-electron chi connectivity index (χ4n) is 6.30. The smallest absolute Gasteiger partial charge is 0.0192 e. The highest BCUT2D eigenvalue weighted by Crippen LogP contribution is 2.59. The molecule has 0 aromatic carbocycles. The second-order valence-corrected chi connectivity index (χ2v) is 9.84. The molecule has 3 fully saturated rings. The van der Waals surface area contributed by atoms with Crippen LogP contribution in [0.2, 0.25) is 0 Å². The van der Waals surface area contributed by atoms with E-state index in [1.165, 1.54) is 77.5 Å². The molecule has 0 radical (unpaired) electrons. The van der Waals surface area contributed by atoms with E-state index in [9.17, 15) is 0 Å². The first-order valence-electron chi connectivity index (χ1n) is 10.4. The first-order chi connectivity index (χ1) is 10.9. The van der Waals surface area contributed by atoms with Crippen LogP contribution >= 0.6 is 0 Å². The van der Waals surface area contributed by atoms with E-state index in [0.29, 0.717) is 16.4 Å². The highest BCUT2D eigenvalue weighted by atomic mass is 15.3. The van der Waals surface area contributed by atoms with Crippen LogP contribution in [0.5, 0.6) is 0 Å². The summed E-state index contributed by atoms with van der Waals surface area (Å²) in [5, 5.41) is 0. The Labute approximate surface area is 145 Å². The summed E-state index contributed by atoms with van der Waals surface area (Å²) >= 11 is 0. The van der Waals surface area contributed by atoms with Gasteiger partial charge in [-0.1, -0.05) is 26.7 Å². The van der Waals surface area contributed by atoms with Crippen molar-refractivity contribution in [2.45, 2.75) is 97.6 Å². The Morgan fingerprint density at radius 2 is 1.43 bits per heavy atom. The molecule has 2 heteroatoms. The zero-order valence-corrected chi connectivity index (χ0v) is 16.5. The van der Waals surface area contributed by atoms with Gasteiger partial charge in [-0.25, -0.2) is 0 Å². The predicted octanol–water partition coefficient (Wildman–Crippen LogP) is 4.93. The third kappa shape index (κ3) is 3.23. The lowest BCUT2D eigenvalue weighted by Gasteiger charge is -2.67. The van der Waals surface area contributed by atoms with Crippen LogP contribution in [0.3, 0.4) is 0 Å². The van der Waals surface area contributed by atoms with Crippen LogP contribution in [0.25, 0.3) is 0 Å². The number of rotatable bonds is 6. The quantitative estimate of drug-likeness (QED) is 0.684. The van der Waals surface area contributed by atoms with Gasteiger partial charge >= 0.3 is 0 Å². The van der Waals surface area contributed by atoms with Gasteiger partial charge in [0.15, 0.2) is 0 Å². The maximum Gasteiger partial charge on any atom is 0.0192 e. The number of nitrogens with zero attached hydrogens (tertiary/aromatic N) is 2. The van der Waals surface area contributed by atoms with E-state index < -0.39 is 0 Å². The van der Waals surface area contributed by atoms with Gasteiger partial charge in [0, 0.05) is 24.7 Å². The normalized spacial score (nSPS) is 29.5. The molecule has 0 N–H and O–H groups in total. The molecule has 1 spiro atoms. The van der Waals surface area contributed by atoms with Crippen LogP contribution in [-0.4, -0.2) is 47.6 Å². The van der Waals surface area contributed by atoms with E-state index in [2.05, 4.69) is 44.4 Å². The topological polar surface area (TPSA) is 6.48 Å². The molecule has 1 aliphatic carbocycles. The van der Waals surface area contributed by atoms with Crippen LogP contribution in [0.1, 0.15) is 86.0 Å². The van der Waals surface area contributed by atoms with Crippen molar-refractivity contribution in [3.8, 4) is 0 Å². The highest BCUT2D eigenvalue weighted by molar-refractivity contribution is 5.13. The largest absolute Gasteiger partial charge is 0.301 e. The first-order valence-corrected chi connectivity index (χ1v) is 10.4. The van der Waals surface area contributed by atoms with Gasteiger partial charge in [-0.15, -0.1) is 0 Å². The molecule has 3 aliphatic rings. The van der Waals surface area contributed by atoms with Crippen LogP contribution < -0.4 is 0 Å². The number of hydrogen-bond acceptors (Lipinski definition) is 2. The van der Waals surface area contributed by atoms with E-state index in [1.54, 1.807) is 0 Å². The van der Waals surface area contributed by atoms with Gasteiger partial charge in [0.2, 0.25) is 0 Å². The zero-order chi connectivity index (χ0) is 16.7. The minimum Gasteiger partial charge on any atom is -0.301 e. The van der Waals surface area contributed by atoms with Crippen molar-refractivity contribution in [1.29, 1.82) is 0 Å². The highest BCUT2D eigenvalue weighted by Gasteiger charge is 2.58. The lowest BCUT2D eigenvalue weighted by Crippen LogP contribution is -2.71. The van der Waals surface area contributed by atoms with Crippen molar-refractivity contribution in [2.75, 3.05) is 26.2 Å². The molecule has 23 heavy (non-hydrogen) atoms. The van der Waals surface area contributed by atoms with E-state index in [0.717, 1.165) is 6.04 Å². The summed E-state index contributed by atoms with van der Waals surface area (Å²) in [6.07, 6.45) is 11.5. The molecule has 2 saturated heterocycles. The average Bonchev–Trinajstić information content (AvgIpc) is 2.43. The van der Waals surface area contributed by atoms with E-state index >= 15 is 0 Å². The summed E-state index contributed by atoms with van der Waals surface area (Å²) in [6, 6.07) is 0.733. The fraction of sp³-hybridized carbons (Fsp3) is 1.00. The molecule has 0 aromatic rings. The number of piperidine rings is 1. The Kier molecular flexibility index (Phi) is 4.88. The van der Waals surface area contributed by atoms with Crippen LogP contribution in [0, 0.1) is 10.8 Å². The molecule has 0 atom stereocenters. The van der Waals surface area contributed by atoms with Gasteiger partial charge in [-0.2, -0.15) is 0 Å². The fourth-order valence-corrected chi connectivity index (χ4v) is 6.30. The maximum atomic E-state index is 2.86. The van der Waals surface area contributed by atoms with Crippen LogP contribution in [0.15, 0.2) is 0 Å². The summed E-state index contributed by atoms with van der Waals surface area (Å²) < 4.78 is 0. The molecule has 2 aliphatic heterocycles. The molecule has 3 rings (SSSR count). The van der Waals surface area contributed by atoms with Gasteiger partial charge in [-0.05, 0) is 83.2 Å². The second-order valence-electron chi connectivity index (χ2n) is 9.84. The maximum absolute atomic E-state index is 2.86. The van der Waals surface area contributed by atoms with E-state index in [1.807, 2.05) is 0 Å². The average molecular weight is 321 g/mol. The summed E-state index contributed by atoms with van der Waals surface area (Å²) in [5.74, 6) is 0. The molecular formula is C21H40N2. The van der Waals surface area contributed by atoms with Crippen molar-refractivity contribution in [1.82, 2.24) is 9.80 Å². The Bertz CT molecular complexity index is 384. The standard InChI is InChI=1S/C21H40N2/c1-6-8-20(9-7-2)14-19(5,15-20)23-16-21(17-23)10-12-22(13-11-21)18(3)4/h18H,6-17H2,1-5H3. The number of likely N-dealkylation sites (tertiary alicyclic amines) is 2. The predicted molar refractivity (Wildman–Crippen MR) is 99.8 cm³/mol. The lowest BCUT2D eigenvalue weighted by molar-refractivity contribution is -0.170. The SMILES string of the molecule is CCCC1(CCC)CC(C)(N2CC3(CCN(C(C)C)CC3)C2)C1. The van der Waals surface area contributed by atoms with Crippen molar-refractivity contribution in [3.05, 3.63) is 0 Å². The van der Waals surface area contributed by atoms with Gasteiger partial charge in [-0.3, -0.25) is 4.90 Å². The minimum absolute atomic E-state index is 0.533. The summed E-state index contributed by atoms with van der Waals surface area (Å²) in [7, 11) is 0. The molecular weight excluding hydrogens is 280 g/mol. The van der Waals surface area contributed by atoms with Crippen molar-refractivity contribution >= 4 is 0 Å². The van der Waals surface area contributed by atoms with Crippen LogP contribution in [-0.2, 0) is 0 Å². The Hall–Kier alpha value is -0.0800. The summed E-state index contributed by atoms with van der Waals surface area (Å²) in [6.45, 7) is 17.4. The van der Waals surface area contributed by atoms with Gasteiger partial charge in [0.25, 0.3) is 0 Å². The lowest BCUT2D eigenvalue weighted by atomic mass is 9.52. The van der Waals surface area contributed by atoms with Gasteiger partial charge in [0.1, 0.15) is 0 Å². The summed E-state index contributed by atoms with van der Waals surface area (Å²) in [5.41, 5.74) is 1.91. The third-order valence-electron chi connectivity index (χ3n) is 7.48. The minimum atomic E-state index is 0.533. The van der Waals surface area contributed by atoms with Gasteiger partial charge < -0.3 is 4.90 Å². The molecule has 1 saturated carbocycles. The van der Waals surface area contributed by atoms with Crippen LogP contribution in [0.4, 0.5) is 0 Å². The number of hydrogen-bond donors (Lipinski definition) is 0. The summed E-state index contributed by atoms with van der Waals surface area (Å²) in [4.78, 5) is 5.54. The molecule has 0 bridgehead atoms. The first kappa shape index (κ1) is 17.7. The van der Waals surface area contributed by atoms with Crippen molar-refractivity contribution < 1.29 is 0 Å². The van der Waals surface area contributed by atoms with Crippen molar-refractivity contribution in [2.24, 2.45) is 10.8 Å². The molecule has 0 aromatic heterocycles. The second kappa shape index (κ2) is 6.33. The zero-order valence-electron chi connectivity index (χ0n) is 16.5. The van der Waals surface area contributed by atoms with Crippen molar-refractivity contribution in [3.63, 3.8) is 0 Å². The van der Waals surface area contributed by atoms with E-state index in [4.69, 9.17) is 0 Å². The molecule has 0 amide bonds. The Morgan fingerprint density at radius 3 is 1.87 bits per heavy atom. The molecule has 2 nitrogen and oxygen atoms in total. The Morgan fingerprint density at radius 1 is 0.913 bits per heavy atom.